The summed E-state index contributed by atoms with van der Waals surface area (Å²) in [5, 5.41) is 12.9. The van der Waals surface area contributed by atoms with Gasteiger partial charge in [-0.1, -0.05) is 28.9 Å². The molecular weight excluding hydrogens is 378 g/mol. The molecule has 8 heteroatoms. The maximum absolute atomic E-state index is 13.2. The summed E-state index contributed by atoms with van der Waals surface area (Å²) >= 11 is 0. The summed E-state index contributed by atoms with van der Waals surface area (Å²) < 4.78 is 27.6. The zero-order chi connectivity index (χ0) is 20.3. The van der Waals surface area contributed by atoms with Crippen LogP contribution in [0.4, 0.5) is 0 Å². The average Bonchev–Trinajstić information content (AvgIpc) is 3.14. The quantitative estimate of drug-likeness (QED) is 0.158. The molecular formula is C20H21N3O4S. The molecule has 3 rings (SSSR count). The van der Waals surface area contributed by atoms with Crippen molar-refractivity contribution in [1.82, 2.24) is 3.97 Å². The summed E-state index contributed by atoms with van der Waals surface area (Å²) in [4.78, 5) is 10.8. The van der Waals surface area contributed by atoms with Gasteiger partial charge in [-0.15, -0.1) is 0 Å². The Morgan fingerprint density at radius 2 is 1.89 bits per heavy atom. The molecule has 0 saturated carbocycles. The molecule has 0 unspecified atom stereocenters. The zero-order valence-electron chi connectivity index (χ0n) is 15.4. The first-order valence-corrected chi connectivity index (χ1v) is 10.2. The third kappa shape index (κ3) is 3.50. The number of benzene rings is 2. The predicted molar refractivity (Wildman–Crippen MR) is 107 cm³/mol. The number of nitrogens with two attached hydrogens (primary N) is 1. The number of unbranched alkanes of at least 4 members (excludes halogenated alkanes) is 1. The highest BCUT2D eigenvalue weighted by Gasteiger charge is 2.22. The van der Waals surface area contributed by atoms with Gasteiger partial charge in [-0.3, -0.25) is 0 Å². The minimum atomic E-state index is -3.88. The fraction of sp³-hybridized carbons (Fsp3) is 0.200. The highest BCUT2D eigenvalue weighted by atomic mass is 32.2. The minimum absolute atomic E-state index is 0.146. The first-order valence-electron chi connectivity index (χ1n) is 8.77. The molecule has 1 heterocycles. The van der Waals surface area contributed by atoms with E-state index in [1.165, 1.54) is 6.20 Å². The van der Waals surface area contributed by atoms with Crippen LogP contribution >= 0.6 is 0 Å². The Balaban J connectivity index is 2.24. The zero-order valence-corrected chi connectivity index (χ0v) is 16.2. The van der Waals surface area contributed by atoms with Crippen LogP contribution in [0.5, 0.6) is 0 Å². The van der Waals surface area contributed by atoms with Crippen molar-refractivity contribution in [2.75, 3.05) is 0 Å². The Kier molecular flexibility index (Phi) is 5.51. The van der Waals surface area contributed by atoms with Crippen molar-refractivity contribution in [3.8, 4) is 0 Å². The summed E-state index contributed by atoms with van der Waals surface area (Å²) in [6.45, 7) is 1.88. The van der Waals surface area contributed by atoms with E-state index >= 15 is 0 Å². The molecule has 3 N–H and O–H groups in total. The van der Waals surface area contributed by atoms with Gasteiger partial charge in [-0.2, -0.15) is 0 Å². The third-order valence-corrected chi connectivity index (χ3v) is 6.32. The van der Waals surface area contributed by atoms with Crippen LogP contribution in [-0.4, -0.2) is 29.7 Å². The van der Waals surface area contributed by atoms with E-state index < -0.39 is 10.0 Å². The normalized spacial score (nSPS) is 12.4. The van der Waals surface area contributed by atoms with Gasteiger partial charge in [0.1, 0.15) is 6.29 Å². The number of aromatic nitrogens is 1. The molecule has 0 saturated heterocycles. The summed E-state index contributed by atoms with van der Waals surface area (Å²) in [6.07, 6.45) is 4.01. The van der Waals surface area contributed by atoms with Gasteiger partial charge in [0.15, 0.2) is 5.84 Å². The van der Waals surface area contributed by atoms with E-state index in [0.29, 0.717) is 35.7 Å². The molecule has 0 aliphatic carbocycles. The molecule has 0 atom stereocenters. The summed E-state index contributed by atoms with van der Waals surface area (Å²) in [5.74, 6) is -0.177. The van der Waals surface area contributed by atoms with Crippen LogP contribution < -0.4 is 5.73 Å². The number of hydrogen-bond acceptors (Lipinski definition) is 5. The van der Waals surface area contributed by atoms with Crippen LogP contribution in [-0.2, 0) is 21.2 Å². The number of carbonyl (C=O) groups excluding carboxylic acids is 1. The van der Waals surface area contributed by atoms with Crippen LogP contribution in [0.3, 0.4) is 0 Å². The van der Waals surface area contributed by atoms with E-state index in [1.807, 2.05) is 13.0 Å². The highest BCUT2D eigenvalue weighted by molar-refractivity contribution is 7.90. The molecule has 0 amide bonds. The number of nitrogens with zero attached hydrogens (tertiary/aromatic N) is 2. The van der Waals surface area contributed by atoms with Crippen LogP contribution in [0.1, 0.15) is 29.5 Å². The first-order chi connectivity index (χ1) is 13.4. The topological polar surface area (TPSA) is 115 Å². The Morgan fingerprint density at radius 3 is 2.54 bits per heavy atom. The lowest BCUT2D eigenvalue weighted by atomic mass is 10.0. The lowest BCUT2D eigenvalue weighted by Crippen LogP contribution is -2.18. The van der Waals surface area contributed by atoms with Crippen molar-refractivity contribution in [2.45, 2.75) is 31.1 Å². The smallest absolute Gasteiger partial charge is 0.268 e. The number of carbonyl (C=O) groups is 1. The summed E-state index contributed by atoms with van der Waals surface area (Å²) in [6, 6.07) is 11.7. The van der Waals surface area contributed by atoms with E-state index in [-0.39, 0.29) is 10.7 Å². The van der Waals surface area contributed by atoms with Crippen molar-refractivity contribution in [3.63, 3.8) is 0 Å². The van der Waals surface area contributed by atoms with Crippen molar-refractivity contribution in [1.29, 1.82) is 0 Å². The Morgan fingerprint density at radius 1 is 1.18 bits per heavy atom. The van der Waals surface area contributed by atoms with Crippen LogP contribution in [0.15, 0.2) is 58.7 Å². The fourth-order valence-electron chi connectivity index (χ4n) is 3.17. The SMILES string of the molecule is Cc1ccc(S(=O)(=O)n2ccc3c(CCCC=O)ccc(/C(N)=N/O)c32)cc1. The first kappa shape index (κ1) is 19.6. The highest BCUT2D eigenvalue weighted by Crippen LogP contribution is 2.29. The number of oxime groups is 1. The van der Waals surface area contributed by atoms with Crippen LogP contribution in [0.2, 0.25) is 0 Å². The third-order valence-electron chi connectivity index (χ3n) is 4.63. The molecule has 2 aromatic carbocycles. The molecule has 0 bridgehead atoms. The standard InChI is InChI=1S/C20H21N3O4S/c1-14-5-8-16(9-6-14)28(26,27)23-12-11-17-15(4-2-3-13-24)7-10-18(19(17)23)20(21)22-25/h5-13,25H,2-4H2,1H3,(H2,21,22). The number of hydrogen-bond donors (Lipinski definition) is 2. The van der Waals surface area contributed by atoms with Gasteiger partial charge < -0.3 is 15.7 Å². The summed E-state index contributed by atoms with van der Waals surface area (Å²) in [5.41, 5.74) is 8.31. The molecule has 0 fully saturated rings. The number of aldehydes is 1. The molecule has 0 aliphatic heterocycles. The summed E-state index contributed by atoms with van der Waals surface area (Å²) in [7, 11) is -3.88. The molecule has 0 radical (unpaired) electrons. The van der Waals surface area contributed by atoms with E-state index in [1.54, 1.807) is 36.4 Å². The van der Waals surface area contributed by atoms with Crippen molar-refractivity contribution >= 4 is 33.0 Å². The van der Waals surface area contributed by atoms with Gasteiger partial charge in [0, 0.05) is 23.6 Å². The maximum atomic E-state index is 13.2. The van der Waals surface area contributed by atoms with Crippen LogP contribution in [0.25, 0.3) is 10.9 Å². The minimum Gasteiger partial charge on any atom is -0.409 e. The van der Waals surface area contributed by atoms with Gasteiger partial charge >= 0.3 is 0 Å². The molecule has 0 aliphatic rings. The van der Waals surface area contributed by atoms with Crippen molar-refractivity contribution in [3.05, 3.63) is 65.4 Å². The molecule has 0 spiro atoms. The molecule has 7 nitrogen and oxygen atoms in total. The van der Waals surface area contributed by atoms with Gasteiger partial charge in [0.25, 0.3) is 10.0 Å². The average molecular weight is 399 g/mol. The Bertz CT molecular complexity index is 1150. The van der Waals surface area contributed by atoms with E-state index in [2.05, 4.69) is 5.16 Å². The fourth-order valence-corrected chi connectivity index (χ4v) is 4.53. The number of aryl methyl sites for hydroxylation is 2. The Labute approximate surface area is 163 Å². The maximum Gasteiger partial charge on any atom is 0.268 e. The van der Waals surface area contributed by atoms with Gasteiger partial charge in [0.2, 0.25) is 0 Å². The lowest BCUT2D eigenvalue weighted by molar-refractivity contribution is -0.107. The largest absolute Gasteiger partial charge is 0.409 e. The second kappa shape index (κ2) is 7.85. The lowest BCUT2D eigenvalue weighted by Gasteiger charge is -2.12. The van der Waals surface area contributed by atoms with Crippen LogP contribution in [0, 0.1) is 6.92 Å². The number of amidine groups is 1. The second-order valence-corrected chi connectivity index (χ2v) is 8.32. The van der Waals surface area contributed by atoms with Gasteiger partial charge in [0.05, 0.1) is 10.4 Å². The monoisotopic (exact) mass is 399 g/mol. The molecule has 1 aromatic heterocycles. The molecule has 146 valence electrons. The van der Waals surface area contributed by atoms with E-state index in [9.17, 15) is 13.2 Å². The predicted octanol–water partition coefficient (Wildman–Crippen LogP) is 2.80. The number of fused-ring (bicyclic) bond motifs is 1. The Hall–Kier alpha value is -3.13. The van der Waals surface area contributed by atoms with Crippen molar-refractivity contribution < 1.29 is 18.4 Å². The van der Waals surface area contributed by atoms with E-state index in [4.69, 9.17) is 10.9 Å². The second-order valence-electron chi connectivity index (χ2n) is 6.51. The van der Waals surface area contributed by atoms with Gasteiger partial charge in [-0.25, -0.2) is 12.4 Å². The molecule has 28 heavy (non-hydrogen) atoms. The molecule has 3 aromatic rings. The number of rotatable bonds is 7. The van der Waals surface area contributed by atoms with Gasteiger partial charge in [-0.05, 0) is 49.6 Å². The van der Waals surface area contributed by atoms with Crippen molar-refractivity contribution in [2.24, 2.45) is 10.9 Å². The van der Waals surface area contributed by atoms with E-state index in [0.717, 1.165) is 21.4 Å².